The second-order valence-corrected chi connectivity index (χ2v) is 10.7. The molecule has 2 rings (SSSR count). The standard InChI is InChI=1S/C25H35NO6S/c1-4-6-14-25(18-27,15-7-5-2)19-33(30,31)24-13-10-22(26(28)29)17-21(24)16-20-8-11-23(32-3)12-9-20/h8-13,17,27H,4-7,14-16,18-19H2,1-3H3. The van der Waals surface area contributed by atoms with Crippen molar-refractivity contribution in [3.05, 3.63) is 63.7 Å². The SMILES string of the molecule is CCCCC(CO)(CCCC)CS(=O)(=O)c1ccc([N+](=O)[O-])cc1Cc1ccc(OC)cc1. The summed E-state index contributed by atoms with van der Waals surface area (Å²) in [5.74, 6) is 0.495. The number of aliphatic hydroxyl groups excluding tert-OH is 1. The molecule has 0 radical (unpaired) electrons. The van der Waals surface area contributed by atoms with Crippen LogP contribution < -0.4 is 4.74 Å². The topological polar surface area (TPSA) is 107 Å². The van der Waals surface area contributed by atoms with Crippen molar-refractivity contribution in [1.82, 2.24) is 0 Å². The van der Waals surface area contributed by atoms with Crippen LogP contribution in [0.4, 0.5) is 5.69 Å². The van der Waals surface area contributed by atoms with Gasteiger partial charge >= 0.3 is 0 Å². The van der Waals surface area contributed by atoms with Gasteiger partial charge in [0.1, 0.15) is 5.75 Å². The Morgan fingerprint density at radius 3 is 2.12 bits per heavy atom. The van der Waals surface area contributed by atoms with Gasteiger partial charge in [0.05, 0.1) is 22.7 Å². The van der Waals surface area contributed by atoms with Gasteiger partial charge in [-0.2, -0.15) is 0 Å². The summed E-state index contributed by atoms with van der Waals surface area (Å²) in [6.07, 6.45) is 4.97. The van der Waals surface area contributed by atoms with Gasteiger partial charge in [-0.15, -0.1) is 0 Å². The molecule has 1 N–H and O–H groups in total. The van der Waals surface area contributed by atoms with E-state index in [2.05, 4.69) is 0 Å². The van der Waals surface area contributed by atoms with Crippen LogP contribution in [0.25, 0.3) is 0 Å². The molecule has 0 saturated carbocycles. The van der Waals surface area contributed by atoms with Gasteiger partial charge in [-0.05, 0) is 48.6 Å². The van der Waals surface area contributed by atoms with Crippen molar-refractivity contribution < 1.29 is 23.2 Å². The third-order valence-corrected chi connectivity index (χ3v) is 8.16. The Bertz CT molecular complexity index is 1010. The lowest BCUT2D eigenvalue weighted by atomic mass is 9.81. The number of ether oxygens (including phenoxy) is 1. The average Bonchev–Trinajstić information content (AvgIpc) is 2.81. The molecule has 0 aliphatic rings. The van der Waals surface area contributed by atoms with E-state index in [0.717, 1.165) is 31.2 Å². The minimum atomic E-state index is -3.80. The summed E-state index contributed by atoms with van der Waals surface area (Å²) in [6.45, 7) is 3.88. The molecule has 0 fully saturated rings. The second-order valence-electron chi connectivity index (χ2n) is 8.70. The quantitative estimate of drug-likeness (QED) is 0.291. The Balaban J connectivity index is 2.48. The first-order valence-corrected chi connectivity index (χ1v) is 13.1. The summed E-state index contributed by atoms with van der Waals surface area (Å²) in [5, 5.41) is 21.6. The summed E-state index contributed by atoms with van der Waals surface area (Å²) >= 11 is 0. The van der Waals surface area contributed by atoms with Crippen LogP contribution in [0.2, 0.25) is 0 Å². The minimum absolute atomic E-state index is 0.0924. The number of aliphatic hydroxyl groups is 1. The smallest absolute Gasteiger partial charge is 0.269 e. The number of benzene rings is 2. The summed E-state index contributed by atoms with van der Waals surface area (Å²) in [6, 6.07) is 11.1. The molecule has 2 aromatic rings. The monoisotopic (exact) mass is 477 g/mol. The third-order valence-electron chi connectivity index (χ3n) is 6.10. The molecule has 7 nitrogen and oxygen atoms in total. The van der Waals surface area contributed by atoms with Crippen molar-refractivity contribution in [2.45, 2.75) is 63.7 Å². The molecule has 0 amide bonds. The van der Waals surface area contributed by atoms with Gasteiger partial charge in [0.2, 0.25) is 0 Å². The number of nitrogens with zero attached hydrogens (tertiary/aromatic N) is 1. The van der Waals surface area contributed by atoms with Crippen LogP contribution in [0.3, 0.4) is 0 Å². The van der Waals surface area contributed by atoms with Gasteiger partial charge in [0.15, 0.2) is 9.84 Å². The first-order chi connectivity index (χ1) is 15.7. The van der Waals surface area contributed by atoms with Crippen LogP contribution in [-0.2, 0) is 16.3 Å². The Morgan fingerprint density at radius 1 is 1.03 bits per heavy atom. The zero-order valence-electron chi connectivity index (χ0n) is 19.7. The predicted molar refractivity (Wildman–Crippen MR) is 130 cm³/mol. The van der Waals surface area contributed by atoms with Crippen molar-refractivity contribution in [2.75, 3.05) is 19.5 Å². The van der Waals surface area contributed by atoms with Crippen LogP contribution in [0.15, 0.2) is 47.4 Å². The van der Waals surface area contributed by atoms with Crippen LogP contribution >= 0.6 is 0 Å². The van der Waals surface area contributed by atoms with Crippen molar-refractivity contribution >= 4 is 15.5 Å². The first-order valence-electron chi connectivity index (χ1n) is 11.4. The van der Waals surface area contributed by atoms with Gasteiger partial charge in [0.25, 0.3) is 5.69 Å². The van der Waals surface area contributed by atoms with E-state index in [4.69, 9.17) is 4.74 Å². The van der Waals surface area contributed by atoms with Crippen LogP contribution in [0.5, 0.6) is 5.75 Å². The maximum Gasteiger partial charge on any atom is 0.269 e. The fourth-order valence-electron chi connectivity index (χ4n) is 4.14. The molecule has 33 heavy (non-hydrogen) atoms. The van der Waals surface area contributed by atoms with Gasteiger partial charge in [-0.25, -0.2) is 8.42 Å². The normalized spacial score (nSPS) is 12.0. The Labute approximate surface area is 196 Å². The van der Waals surface area contributed by atoms with E-state index in [1.54, 1.807) is 19.2 Å². The Hall–Kier alpha value is -2.45. The molecule has 182 valence electrons. The molecule has 0 heterocycles. The number of hydrogen-bond acceptors (Lipinski definition) is 6. The molecule has 0 spiro atoms. The largest absolute Gasteiger partial charge is 0.497 e. The number of unbranched alkanes of at least 4 members (excludes halogenated alkanes) is 2. The number of hydrogen-bond donors (Lipinski definition) is 1. The number of rotatable bonds is 14. The van der Waals surface area contributed by atoms with Crippen LogP contribution in [0.1, 0.15) is 63.5 Å². The number of nitro groups is 1. The minimum Gasteiger partial charge on any atom is -0.497 e. The molecule has 0 unspecified atom stereocenters. The van der Waals surface area contributed by atoms with E-state index in [1.165, 1.54) is 18.2 Å². The van der Waals surface area contributed by atoms with Crippen molar-refractivity contribution in [3.63, 3.8) is 0 Å². The van der Waals surface area contributed by atoms with Gasteiger partial charge in [-0.1, -0.05) is 51.7 Å². The summed E-state index contributed by atoms with van der Waals surface area (Å²) in [5.41, 5.74) is 0.331. The van der Waals surface area contributed by atoms with E-state index in [0.29, 0.717) is 24.2 Å². The molecule has 0 aromatic heterocycles. The molecule has 0 aliphatic heterocycles. The van der Waals surface area contributed by atoms with Crippen LogP contribution in [-0.4, -0.2) is 37.9 Å². The third kappa shape index (κ3) is 7.27. The van der Waals surface area contributed by atoms with Gasteiger partial charge in [-0.3, -0.25) is 10.1 Å². The summed E-state index contributed by atoms with van der Waals surface area (Å²) in [7, 11) is -2.24. The lowest BCUT2D eigenvalue weighted by Crippen LogP contribution is -2.34. The highest BCUT2D eigenvalue weighted by molar-refractivity contribution is 7.91. The van der Waals surface area contributed by atoms with Crippen LogP contribution in [0, 0.1) is 15.5 Å². The fourth-order valence-corrected chi connectivity index (χ4v) is 6.29. The predicted octanol–water partition coefficient (Wildman–Crippen LogP) is 5.33. The zero-order chi connectivity index (χ0) is 24.5. The Morgan fingerprint density at radius 2 is 1.64 bits per heavy atom. The van der Waals surface area contributed by atoms with Gasteiger partial charge < -0.3 is 9.84 Å². The number of non-ortho nitro benzene ring substituents is 1. The second kappa shape index (κ2) is 12.1. The highest BCUT2D eigenvalue weighted by Crippen LogP contribution is 2.36. The van der Waals surface area contributed by atoms with Crippen molar-refractivity contribution in [2.24, 2.45) is 5.41 Å². The molecule has 0 atom stereocenters. The molecule has 0 bridgehead atoms. The molecular formula is C25H35NO6S. The lowest BCUT2D eigenvalue weighted by molar-refractivity contribution is -0.385. The highest BCUT2D eigenvalue weighted by atomic mass is 32.2. The molecular weight excluding hydrogens is 442 g/mol. The number of methoxy groups -OCH3 is 1. The lowest BCUT2D eigenvalue weighted by Gasteiger charge is -2.32. The van der Waals surface area contributed by atoms with E-state index in [-0.39, 0.29) is 29.4 Å². The molecule has 0 aliphatic carbocycles. The average molecular weight is 478 g/mol. The summed E-state index contributed by atoms with van der Waals surface area (Å²) in [4.78, 5) is 10.9. The van der Waals surface area contributed by atoms with E-state index in [1.807, 2.05) is 26.0 Å². The molecule has 2 aromatic carbocycles. The molecule has 8 heteroatoms. The first kappa shape index (κ1) is 26.8. The van der Waals surface area contributed by atoms with Crippen molar-refractivity contribution in [3.8, 4) is 5.75 Å². The van der Waals surface area contributed by atoms with Gasteiger partial charge in [0, 0.05) is 24.2 Å². The van der Waals surface area contributed by atoms with Crippen molar-refractivity contribution in [1.29, 1.82) is 0 Å². The maximum atomic E-state index is 13.6. The fraction of sp³-hybridized carbons (Fsp3) is 0.520. The Kier molecular flexibility index (Phi) is 9.86. The van der Waals surface area contributed by atoms with E-state index in [9.17, 15) is 23.6 Å². The molecule has 0 saturated heterocycles. The maximum absolute atomic E-state index is 13.6. The van der Waals surface area contributed by atoms with E-state index >= 15 is 0 Å². The zero-order valence-corrected chi connectivity index (χ0v) is 20.6. The highest BCUT2D eigenvalue weighted by Gasteiger charge is 2.36. The van der Waals surface area contributed by atoms with E-state index < -0.39 is 20.2 Å². The number of nitro benzene ring substituents is 1. The number of sulfone groups is 1. The summed E-state index contributed by atoms with van der Waals surface area (Å²) < 4.78 is 32.4.